The molecule has 0 aliphatic carbocycles. The fourth-order valence-electron chi connectivity index (χ4n) is 1.48. The molecule has 0 aliphatic heterocycles. The average molecular weight is 282 g/mol. The van der Waals surface area contributed by atoms with E-state index in [1.54, 1.807) is 26.1 Å². The first-order valence-electron chi connectivity index (χ1n) is 5.48. The van der Waals surface area contributed by atoms with E-state index in [4.69, 9.17) is 11.6 Å². The first kappa shape index (κ1) is 15.0. The van der Waals surface area contributed by atoms with Crippen molar-refractivity contribution in [3.63, 3.8) is 0 Å². The third-order valence-electron chi connectivity index (χ3n) is 2.40. The molecule has 0 saturated heterocycles. The van der Waals surface area contributed by atoms with E-state index in [1.165, 1.54) is 4.90 Å². The zero-order chi connectivity index (χ0) is 13.8. The molecule has 0 radical (unpaired) electrons. The van der Waals surface area contributed by atoms with Crippen molar-refractivity contribution in [2.75, 3.05) is 25.5 Å². The summed E-state index contributed by atoms with van der Waals surface area (Å²) < 4.78 is 37.0. The predicted molar refractivity (Wildman–Crippen MR) is 65.8 cm³/mol. The molecule has 1 N–H and O–H groups in total. The Morgan fingerprint density at radius 1 is 1.39 bits per heavy atom. The minimum Gasteiger partial charge on any atom is -0.373 e. The van der Waals surface area contributed by atoms with Crippen molar-refractivity contribution in [3.05, 3.63) is 22.8 Å². The highest BCUT2D eigenvalue weighted by Gasteiger charge is 2.30. The molecule has 0 unspecified atom stereocenters. The quantitative estimate of drug-likeness (QED) is 0.899. The van der Waals surface area contributed by atoms with E-state index in [-0.39, 0.29) is 13.1 Å². The summed E-state index contributed by atoms with van der Waals surface area (Å²) in [5.41, 5.74) is 0.439. The summed E-state index contributed by atoms with van der Waals surface area (Å²) in [5, 5.41) is 3.19. The van der Waals surface area contributed by atoms with Crippen LogP contribution in [0.4, 0.5) is 19.0 Å². The van der Waals surface area contributed by atoms with E-state index < -0.39 is 12.7 Å². The van der Waals surface area contributed by atoms with Crippen molar-refractivity contribution >= 4 is 17.4 Å². The summed E-state index contributed by atoms with van der Waals surface area (Å²) in [4.78, 5) is 5.40. The number of nitrogens with one attached hydrogen (secondary N) is 1. The van der Waals surface area contributed by atoms with Gasteiger partial charge in [-0.05, 0) is 18.7 Å². The van der Waals surface area contributed by atoms with Gasteiger partial charge in [0.2, 0.25) is 0 Å². The van der Waals surface area contributed by atoms with E-state index in [9.17, 15) is 13.2 Å². The summed E-state index contributed by atoms with van der Waals surface area (Å²) in [7, 11) is 1.69. The molecule has 18 heavy (non-hydrogen) atoms. The van der Waals surface area contributed by atoms with Crippen LogP contribution in [0.3, 0.4) is 0 Å². The molecule has 3 nitrogen and oxygen atoms in total. The highest BCUT2D eigenvalue weighted by Crippen LogP contribution is 2.21. The molecule has 1 aromatic heterocycles. The molecular formula is C11H15ClF3N3. The number of alkyl halides is 3. The van der Waals surface area contributed by atoms with Gasteiger partial charge in [0, 0.05) is 13.6 Å². The molecule has 0 saturated carbocycles. The third-order valence-corrected chi connectivity index (χ3v) is 2.74. The normalized spacial score (nSPS) is 11.9. The largest absolute Gasteiger partial charge is 0.401 e. The van der Waals surface area contributed by atoms with Crippen LogP contribution < -0.4 is 5.32 Å². The van der Waals surface area contributed by atoms with Crippen LogP contribution in [0.15, 0.2) is 12.1 Å². The van der Waals surface area contributed by atoms with Gasteiger partial charge in [0.25, 0.3) is 0 Å². The number of halogens is 4. The van der Waals surface area contributed by atoms with Crippen LogP contribution in [0, 0.1) is 0 Å². The lowest BCUT2D eigenvalue weighted by Crippen LogP contribution is -2.34. The predicted octanol–water partition coefficient (Wildman–Crippen LogP) is 3.16. The van der Waals surface area contributed by atoms with Crippen LogP contribution in [0.5, 0.6) is 0 Å². The molecule has 0 fully saturated rings. The summed E-state index contributed by atoms with van der Waals surface area (Å²) in [6, 6.07) is 3.29. The lowest BCUT2D eigenvalue weighted by molar-refractivity contribution is -0.146. The molecule has 102 valence electrons. The summed E-state index contributed by atoms with van der Waals surface area (Å²) in [5.74, 6) is 0.581. The summed E-state index contributed by atoms with van der Waals surface area (Å²) in [6.45, 7) is 1.05. The lowest BCUT2D eigenvalue weighted by atomic mass is 10.3. The van der Waals surface area contributed by atoms with Gasteiger partial charge in [-0.15, -0.1) is 0 Å². The highest BCUT2D eigenvalue weighted by molar-refractivity contribution is 6.31. The van der Waals surface area contributed by atoms with Crippen LogP contribution in [-0.2, 0) is 6.54 Å². The minimum absolute atomic E-state index is 0.0738. The van der Waals surface area contributed by atoms with Gasteiger partial charge in [-0.25, -0.2) is 4.98 Å². The Kier molecular flexibility index (Phi) is 5.22. The van der Waals surface area contributed by atoms with Gasteiger partial charge in [0.1, 0.15) is 5.82 Å². The van der Waals surface area contributed by atoms with E-state index >= 15 is 0 Å². The molecular weight excluding hydrogens is 267 g/mol. The maximum Gasteiger partial charge on any atom is 0.401 e. The van der Waals surface area contributed by atoms with Crippen LogP contribution in [-0.4, -0.2) is 36.2 Å². The maximum absolute atomic E-state index is 12.3. The molecule has 0 aromatic carbocycles. The number of aromatic nitrogens is 1. The Bertz CT molecular complexity index is 396. The Balaban J connectivity index is 2.81. The van der Waals surface area contributed by atoms with Crippen molar-refractivity contribution in [2.24, 2.45) is 0 Å². The Morgan fingerprint density at radius 2 is 2.06 bits per heavy atom. The molecule has 1 aromatic rings. The zero-order valence-electron chi connectivity index (χ0n) is 10.2. The van der Waals surface area contributed by atoms with Crippen molar-refractivity contribution in [2.45, 2.75) is 19.6 Å². The topological polar surface area (TPSA) is 28.2 Å². The van der Waals surface area contributed by atoms with Crippen molar-refractivity contribution in [1.29, 1.82) is 0 Å². The second-order valence-corrected chi connectivity index (χ2v) is 4.20. The Morgan fingerprint density at radius 3 is 2.56 bits per heavy atom. The van der Waals surface area contributed by atoms with Gasteiger partial charge >= 0.3 is 6.18 Å². The second kappa shape index (κ2) is 6.24. The van der Waals surface area contributed by atoms with Gasteiger partial charge in [-0.1, -0.05) is 18.5 Å². The highest BCUT2D eigenvalue weighted by atomic mass is 35.5. The van der Waals surface area contributed by atoms with Crippen LogP contribution in [0.1, 0.15) is 12.6 Å². The number of pyridine rings is 1. The van der Waals surface area contributed by atoms with Gasteiger partial charge in [0.15, 0.2) is 0 Å². The van der Waals surface area contributed by atoms with Gasteiger partial charge < -0.3 is 5.32 Å². The molecule has 0 spiro atoms. The molecule has 0 aliphatic rings. The van der Waals surface area contributed by atoms with Crippen molar-refractivity contribution < 1.29 is 13.2 Å². The number of hydrogen-bond acceptors (Lipinski definition) is 3. The summed E-state index contributed by atoms with van der Waals surface area (Å²) in [6.07, 6.45) is -4.22. The molecule has 0 bridgehead atoms. The van der Waals surface area contributed by atoms with E-state index in [0.29, 0.717) is 16.5 Å². The Hall–Kier alpha value is -1.01. The van der Waals surface area contributed by atoms with Crippen molar-refractivity contribution in [1.82, 2.24) is 9.88 Å². The van der Waals surface area contributed by atoms with Crippen molar-refractivity contribution in [3.8, 4) is 0 Å². The monoisotopic (exact) mass is 281 g/mol. The molecule has 7 heteroatoms. The molecule has 1 heterocycles. The van der Waals surface area contributed by atoms with Gasteiger partial charge in [0.05, 0.1) is 17.3 Å². The lowest BCUT2D eigenvalue weighted by Gasteiger charge is -2.22. The first-order valence-corrected chi connectivity index (χ1v) is 5.85. The SMILES string of the molecule is CCN(Cc1nc(NC)ccc1Cl)CC(F)(F)F. The smallest absolute Gasteiger partial charge is 0.373 e. The fourth-order valence-corrected chi connectivity index (χ4v) is 1.64. The second-order valence-electron chi connectivity index (χ2n) is 3.79. The van der Waals surface area contributed by atoms with Gasteiger partial charge in [-0.3, -0.25) is 4.90 Å². The van der Waals surface area contributed by atoms with Crippen LogP contribution in [0.2, 0.25) is 5.02 Å². The number of rotatable bonds is 5. The average Bonchev–Trinajstić information content (AvgIpc) is 2.29. The first-order chi connectivity index (χ1) is 8.35. The zero-order valence-corrected chi connectivity index (χ0v) is 10.9. The molecule has 0 atom stereocenters. The third kappa shape index (κ3) is 4.70. The number of anilines is 1. The van der Waals surface area contributed by atoms with Crippen LogP contribution in [0.25, 0.3) is 0 Å². The summed E-state index contributed by atoms with van der Waals surface area (Å²) >= 11 is 5.93. The number of hydrogen-bond donors (Lipinski definition) is 1. The van der Waals surface area contributed by atoms with E-state index in [1.807, 2.05) is 0 Å². The van der Waals surface area contributed by atoms with E-state index in [2.05, 4.69) is 10.3 Å². The molecule has 1 rings (SSSR count). The Labute approximate surface area is 109 Å². The van der Waals surface area contributed by atoms with E-state index in [0.717, 1.165) is 0 Å². The minimum atomic E-state index is -4.22. The fraction of sp³-hybridized carbons (Fsp3) is 0.545. The van der Waals surface area contributed by atoms with Gasteiger partial charge in [-0.2, -0.15) is 13.2 Å². The number of nitrogens with zero attached hydrogens (tertiary/aromatic N) is 2. The van der Waals surface area contributed by atoms with Crippen LogP contribution >= 0.6 is 11.6 Å². The standard InChI is InChI=1S/C11H15ClF3N3/c1-3-18(7-11(13,14)15)6-9-8(12)4-5-10(16-2)17-9/h4-5H,3,6-7H2,1-2H3,(H,16,17). The maximum atomic E-state index is 12.3. The molecule has 0 amide bonds.